The fraction of sp³-hybridized carbons (Fsp3) is 0.235. The first kappa shape index (κ1) is 13.1. The predicted octanol–water partition coefficient (Wildman–Crippen LogP) is 3.71. The van der Waals surface area contributed by atoms with Gasteiger partial charge in [-0.05, 0) is 43.0 Å². The molecule has 0 aromatic heterocycles. The molecule has 0 saturated heterocycles. The largest absolute Gasteiger partial charge is 0.389 e. The molecule has 0 unspecified atom stereocenters. The lowest BCUT2D eigenvalue weighted by Crippen LogP contribution is -2.27. The standard InChI is InChI=1S/C17H18N2S/c1-12-6-4-9-14(17(18)20)16(12)19-11-5-8-13-7-2-3-10-15(13)19/h2-4,6-7,9-10H,5,8,11H2,1H3,(H2,18,20). The Morgan fingerprint density at radius 1 is 1.15 bits per heavy atom. The molecule has 0 aliphatic carbocycles. The highest BCUT2D eigenvalue weighted by Crippen LogP contribution is 2.37. The molecule has 0 amide bonds. The summed E-state index contributed by atoms with van der Waals surface area (Å²) >= 11 is 5.23. The normalized spacial score (nSPS) is 13.9. The summed E-state index contributed by atoms with van der Waals surface area (Å²) in [5.41, 5.74) is 11.9. The van der Waals surface area contributed by atoms with Crippen molar-refractivity contribution >= 4 is 28.6 Å². The topological polar surface area (TPSA) is 29.3 Å². The van der Waals surface area contributed by atoms with E-state index in [9.17, 15) is 0 Å². The lowest BCUT2D eigenvalue weighted by Gasteiger charge is -2.33. The summed E-state index contributed by atoms with van der Waals surface area (Å²) < 4.78 is 0. The maximum Gasteiger partial charge on any atom is 0.106 e. The second-order valence-electron chi connectivity index (χ2n) is 5.22. The van der Waals surface area contributed by atoms with Crippen LogP contribution in [0.2, 0.25) is 0 Å². The van der Waals surface area contributed by atoms with E-state index in [1.807, 2.05) is 12.1 Å². The van der Waals surface area contributed by atoms with E-state index in [4.69, 9.17) is 18.0 Å². The lowest BCUT2D eigenvalue weighted by molar-refractivity contribution is 0.765. The maximum atomic E-state index is 5.91. The zero-order valence-corrected chi connectivity index (χ0v) is 12.4. The summed E-state index contributed by atoms with van der Waals surface area (Å²) in [4.78, 5) is 2.83. The van der Waals surface area contributed by atoms with Crippen LogP contribution in [0.3, 0.4) is 0 Å². The van der Waals surface area contributed by atoms with Crippen molar-refractivity contribution in [3.05, 3.63) is 59.2 Å². The van der Waals surface area contributed by atoms with Gasteiger partial charge in [-0.3, -0.25) is 0 Å². The molecule has 0 fully saturated rings. The zero-order valence-electron chi connectivity index (χ0n) is 11.6. The van der Waals surface area contributed by atoms with Crippen LogP contribution >= 0.6 is 12.2 Å². The number of fused-ring (bicyclic) bond motifs is 1. The minimum atomic E-state index is 0.465. The minimum absolute atomic E-state index is 0.465. The van der Waals surface area contributed by atoms with Gasteiger partial charge in [-0.15, -0.1) is 0 Å². The molecule has 0 atom stereocenters. The first-order valence-electron chi connectivity index (χ1n) is 6.93. The van der Waals surface area contributed by atoms with Gasteiger partial charge in [-0.2, -0.15) is 0 Å². The van der Waals surface area contributed by atoms with Crippen molar-refractivity contribution in [3.8, 4) is 0 Å². The van der Waals surface area contributed by atoms with E-state index in [2.05, 4.69) is 42.2 Å². The van der Waals surface area contributed by atoms with Crippen molar-refractivity contribution < 1.29 is 0 Å². The highest BCUT2D eigenvalue weighted by Gasteiger charge is 2.22. The molecular weight excluding hydrogens is 264 g/mol. The highest BCUT2D eigenvalue weighted by molar-refractivity contribution is 7.80. The number of hydrogen-bond acceptors (Lipinski definition) is 2. The molecule has 0 radical (unpaired) electrons. The molecule has 0 saturated carbocycles. The molecule has 1 aliphatic heterocycles. The average Bonchev–Trinajstić information content (AvgIpc) is 2.46. The van der Waals surface area contributed by atoms with Gasteiger partial charge in [0.15, 0.2) is 0 Å². The molecule has 3 rings (SSSR count). The molecule has 2 nitrogen and oxygen atoms in total. The Hall–Kier alpha value is -1.87. The van der Waals surface area contributed by atoms with Crippen LogP contribution in [0.1, 0.15) is 23.1 Å². The van der Waals surface area contributed by atoms with Crippen molar-refractivity contribution in [2.45, 2.75) is 19.8 Å². The maximum absolute atomic E-state index is 5.91. The summed E-state index contributed by atoms with van der Waals surface area (Å²) in [5, 5.41) is 0. The Kier molecular flexibility index (Phi) is 3.45. The van der Waals surface area contributed by atoms with Crippen molar-refractivity contribution in [1.82, 2.24) is 0 Å². The predicted molar refractivity (Wildman–Crippen MR) is 88.8 cm³/mol. The summed E-state index contributed by atoms with van der Waals surface area (Å²) in [7, 11) is 0. The fourth-order valence-corrected chi connectivity index (χ4v) is 3.15. The van der Waals surface area contributed by atoms with Gasteiger partial charge in [0.05, 0.1) is 5.69 Å². The van der Waals surface area contributed by atoms with Crippen molar-refractivity contribution in [1.29, 1.82) is 0 Å². The molecule has 0 bridgehead atoms. The van der Waals surface area contributed by atoms with Crippen LogP contribution in [0.25, 0.3) is 0 Å². The van der Waals surface area contributed by atoms with Crippen molar-refractivity contribution in [2.75, 3.05) is 11.4 Å². The van der Waals surface area contributed by atoms with E-state index in [0.29, 0.717) is 4.99 Å². The molecule has 2 aromatic rings. The van der Waals surface area contributed by atoms with Crippen molar-refractivity contribution in [3.63, 3.8) is 0 Å². The Morgan fingerprint density at radius 2 is 1.95 bits per heavy atom. The second kappa shape index (κ2) is 5.25. The molecular formula is C17H18N2S. The molecule has 1 aliphatic rings. The van der Waals surface area contributed by atoms with Crippen LogP contribution in [0.5, 0.6) is 0 Å². The first-order valence-corrected chi connectivity index (χ1v) is 7.34. The first-order chi connectivity index (χ1) is 9.68. The number of nitrogens with zero attached hydrogens (tertiary/aromatic N) is 1. The zero-order chi connectivity index (χ0) is 14.1. The molecule has 2 aromatic carbocycles. The number of rotatable bonds is 2. The SMILES string of the molecule is Cc1cccc(C(N)=S)c1N1CCCc2ccccc21. The van der Waals surface area contributed by atoms with Crippen LogP contribution < -0.4 is 10.6 Å². The summed E-state index contributed by atoms with van der Waals surface area (Å²) in [6.45, 7) is 3.13. The third-order valence-corrected chi connectivity index (χ3v) is 4.10. The minimum Gasteiger partial charge on any atom is -0.389 e. The van der Waals surface area contributed by atoms with Gasteiger partial charge in [0.25, 0.3) is 0 Å². The van der Waals surface area contributed by atoms with Crippen molar-refractivity contribution in [2.24, 2.45) is 5.73 Å². The fourth-order valence-electron chi connectivity index (χ4n) is 2.98. The van der Waals surface area contributed by atoms with Gasteiger partial charge in [0.1, 0.15) is 4.99 Å². The summed E-state index contributed by atoms with van der Waals surface area (Å²) in [5.74, 6) is 0. The number of aryl methyl sites for hydroxylation is 2. The van der Waals surface area contributed by atoms with Gasteiger partial charge in [0.2, 0.25) is 0 Å². The van der Waals surface area contributed by atoms with Crippen LogP contribution in [0, 0.1) is 6.92 Å². The van der Waals surface area contributed by atoms with E-state index in [0.717, 1.165) is 30.6 Å². The lowest BCUT2D eigenvalue weighted by atomic mass is 9.98. The summed E-state index contributed by atoms with van der Waals surface area (Å²) in [6.07, 6.45) is 2.29. The molecule has 20 heavy (non-hydrogen) atoms. The molecule has 2 N–H and O–H groups in total. The van der Waals surface area contributed by atoms with E-state index in [1.165, 1.54) is 16.8 Å². The third-order valence-electron chi connectivity index (χ3n) is 3.88. The smallest absolute Gasteiger partial charge is 0.106 e. The molecule has 0 spiro atoms. The van der Waals surface area contributed by atoms with Gasteiger partial charge in [-0.25, -0.2) is 0 Å². The van der Waals surface area contributed by atoms with Gasteiger partial charge in [-0.1, -0.05) is 42.5 Å². The number of anilines is 2. The Bertz CT molecular complexity index is 664. The number of benzene rings is 2. The Balaban J connectivity index is 2.18. The third kappa shape index (κ3) is 2.18. The van der Waals surface area contributed by atoms with Crippen LogP contribution in [0.4, 0.5) is 11.4 Å². The van der Waals surface area contributed by atoms with Gasteiger partial charge in [0, 0.05) is 17.8 Å². The van der Waals surface area contributed by atoms with E-state index in [-0.39, 0.29) is 0 Å². The quantitative estimate of drug-likeness (QED) is 0.851. The molecule has 1 heterocycles. The Labute approximate surface area is 125 Å². The van der Waals surface area contributed by atoms with Gasteiger partial charge < -0.3 is 10.6 Å². The Morgan fingerprint density at radius 3 is 2.75 bits per heavy atom. The van der Waals surface area contributed by atoms with Crippen LogP contribution in [-0.4, -0.2) is 11.5 Å². The van der Waals surface area contributed by atoms with E-state index in [1.54, 1.807) is 0 Å². The number of para-hydroxylation sites is 2. The van der Waals surface area contributed by atoms with Crippen LogP contribution in [-0.2, 0) is 6.42 Å². The van der Waals surface area contributed by atoms with E-state index >= 15 is 0 Å². The average molecular weight is 282 g/mol. The molecule has 3 heteroatoms. The van der Waals surface area contributed by atoms with E-state index < -0.39 is 0 Å². The summed E-state index contributed by atoms with van der Waals surface area (Å²) in [6, 6.07) is 14.7. The second-order valence-corrected chi connectivity index (χ2v) is 5.66. The monoisotopic (exact) mass is 282 g/mol. The van der Waals surface area contributed by atoms with Crippen LogP contribution in [0.15, 0.2) is 42.5 Å². The highest BCUT2D eigenvalue weighted by atomic mass is 32.1. The number of nitrogens with two attached hydrogens (primary N) is 1. The van der Waals surface area contributed by atoms with Gasteiger partial charge >= 0.3 is 0 Å². The molecule has 102 valence electrons. The number of thiocarbonyl (C=S) groups is 1. The number of hydrogen-bond donors (Lipinski definition) is 1.